The number of carbonyl (C=O) groups excluding carboxylic acids is 1. The van der Waals surface area contributed by atoms with Crippen molar-refractivity contribution in [1.29, 1.82) is 0 Å². The predicted molar refractivity (Wildman–Crippen MR) is 115 cm³/mol. The lowest BCUT2D eigenvalue weighted by Gasteiger charge is -2.33. The molecule has 150 valence electrons. The van der Waals surface area contributed by atoms with Crippen LogP contribution in [0.4, 0.5) is 4.39 Å². The van der Waals surface area contributed by atoms with Gasteiger partial charge in [0.2, 0.25) is 5.91 Å². The maximum Gasteiger partial charge on any atom is 0.244 e. The summed E-state index contributed by atoms with van der Waals surface area (Å²) < 4.78 is 13.9. The Morgan fingerprint density at radius 3 is 2.64 bits per heavy atom. The SMILES string of the molecule is CCN1CCN(CCCNC(=O)/C=C/c2ccc(-c3ccccc3F)s2)CC1. The van der Waals surface area contributed by atoms with E-state index in [2.05, 4.69) is 22.0 Å². The maximum atomic E-state index is 13.9. The van der Waals surface area contributed by atoms with Gasteiger partial charge in [-0.15, -0.1) is 11.3 Å². The van der Waals surface area contributed by atoms with Gasteiger partial charge in [0.25, 0.3) is 0 Å². The summed E-state index contributed by atoms with van der Waals surface area (Å²) in [5.74, 6) is -0.314. The number of carbonyl (C=O) groups is 1. The van der Waals surface area contributed by atoms with Gasteiger partial charge in [0.15, 0.2) is 0 Å². The van der Waals surface area contributed by atoms with Crippen molar-refractivity contribution in [3.8, 4) is 10.4 Å². The summed E-state index contributed by atoms with van der Waals surface area (Å²) in [6.45, 7) is 9.55. The Kier molecular flexibility index (Phi) is 7.77. The zero-order chi connectivity index (χ0) is 19.8. The fourth-order valence-corrected chi connectivity index (χ4v) is 4.25. The number of amides is 1. The van der Waals surface area contributed by atoms with Crippen molar-refractivity contribution in [2.24, 2.45) is 0 Å². The van der Waals surface area contributed by atoms with Crippen LogP contribution >= 0.6 is 11.3 Å². The van der Waals surface area contributed by atoms with Crippen LogP contribution in [0, 0.1) is 5.82 Å². The lowest BCUT2D eigenvalue weighted by molar-refractivity contribution is -0.116. The van der Waals surface area contributed by atoms with Crippen LogP contribution in [0.25, 0.3) is 16.5 Å². The molecule has 1 N–H and O–H groups in total. The Morgan fingerprint density at radius 2 is 1.89 bits per heavy atom. The number of thiophene rings is 1. The van der Waals surface area contributed by atoms with E-state index in [1.54, 1.807) is 24.3 Å². The van der Waals surface area contributed by atoms with Crippen molar-refractivity contribution >= 4 is 23.3 Å². The summed E-state index contributed by atoms with van der Waals surface area (Å²) in [6.07, 6.45) is 4.30. The molecule has 0 unspecified atom stereocenters. The summed E-state index contributed by atoms with van der Waals surface area (Å²) in [7, 11) is 0. The van der Waals surface area contributed by atoms with Crippen molar-refractivity contribution in [3.05, 3.63) is 53.2 Å². The van der Waals surface area contributed by atoms with E-state index in [4.69, 9.17) is 0 Å². The predicted octanol–water partition coefficient (Wildman–Crippen LogP) is 3.71. The molecule has 3 rings (SSSR count). The highest BCUT2D eigenvalue weighted by Gasteiger charge is 2.14. The number of rotatable bonds is 8. The molecule has 1 aliphatic heterocycles. The molecule has 0 spiro atoms. The first kappa shape index (κ1) is 20.7. The maximum absolute atomic E-state index is 13.9. The highest BCUT2D eigenvalue weighted by atomic mass is 32.1. The Bertz CT molecular complexity index is 797. The van der Waals surface area contributed by atoms with Gasteiger partial charge in [-0.2, -0.15) is 0 Å². The molecular weight excluding hydrogens is 373 g/mol. The van der Waals surface area contributed by atoms with Crippen molar-refractivity contribution in [1.82, 2.24) is 15.1 Å². The number of nitrogens with one attached hydrogen (secondary N) is 1. The zero-order valence-corrected chi connectivity index (χ0v) is 17.2. The van der Waals surface area contributed by atoms with E-state index >= 15 is 0 Å². The number of nitrogens with zero attached hydrogens (tertiary/aromatic N) is 2. The van der Waals surface area contributed by atoms with Crippen molar-refractivity contribution in [3.63, 3.8) is 0 Å². The van der Waals surface area contributed by atoms with Crippen LogP contribution in [0.1, 0.15) is 18.2 Å². The van der Waals surface area contributed by atoms with Crippen LogP contribution in [-0.2, 0) is 4.79 Å². The van der Waals surface area contributed by atoms with Crippen molar-refractivity contribution in [2.45, 2.75) is 13.3 Å². The molecule has 0 bridgehead atoms. The molecule has 6 heteroatoms. The average Bonchev–Trinajstić information content (AvgIpc) is 3.19. The highest BCUT2D eigenvalue weighted by molar-refractivity contribution is 7.16. The molecule has 1 amide bonds. The van der Waals surface area contributed by atoms with Gasteiger partial charge >= 0.3 is 0 Å². The first-order valence-corrected chi connectivity index (χ1v) is 10.7. The Hall–Kier alpha value is -2.02. The lowest BCUT2D eigenvalue weighted by atomic mass is 10.2. The third-order valence-electron chi connectivity index (χ3n) is 5.03. The summed E-state index contributed by atoms with van der Waals surface area (Å²) in [5.41, 5.74) is 0.594. The third kappa shape index (κ3) is 5.99. The first-order chi connectivity index (χ1) is 13.7. The fourth-order valence-electron chi connectivity index (χ4n) is 3.31. The number of piperazine rings is 1. The molecule has 1 saturated heterocycles. The largest absolute Gasteiger partial charge is 0.353 e. The van der Waals surface area contributed by atoms with Gasteiger partial charge in [-0.25, -0.2) is 4.39 Å². The van der Waals surface area contributed by atoms with E-state index in [0.29, 0.717) is 12.1 Å². The second kappa shape index (κ2) is 10.5. The minimum atomic E-state index is -0.228. The number of benzene rings is 1. The summed E-state index contributed by atoms with van der Waals surface area (Å²) >= 11 is 1.47. The van der Waals surface area contributed by atoms with Gasteiger partial charge < -0.3 is 15.1 Å². The van der Waals surface area contributed by atoms with E-state index in [9.17, 15) is 9.18 Å². The summed E-state index contributed by atoms with van der Waals surface area (Å²) in [5, 5.41) is 2.94. The third-order valence-corrected chi connectivity index (χ3v) is 6.11. The van der Waals surface area contributed by atoms with Gasteiger partial charge in [-0.1, -0.05) is 25.1 Å². The second-order valence-corrected chi connectivity index (χ2v) is 8.05. The molecule has 0 radical (unpaired) electrons. The van der Waals surface area contributed by atoms with Crippen LogP contribution < -0.4 is 5.32 Å². The quantitative estimate of drug-likeness (QED) is 0.541. The lowest BCUT2D eigenvalue weighted by Crippen LogP contribution is -2.46. The normalized spacial score (nSPS) is 15.9. The molecule has 1 fully saturated rings. The van der Waals surface area contributed by atoms with Crippen LogP contribution in [0.15, 0.2) is 42.5 Å². The topological polar surface area (TPSA) is 35.6 Å². The molecule has 0 aliphatic carbocycles. The van der Waals surface area contributed by atoms with E-state index in [0.717, 1.165) is 55.4 Å². The average molecular weight is 402 g/mol. The molecule has 28 heavy (non-hydrogen) atoms. The Morgan fingerprint density at radius 1 is 1.14 bits per heavy atom. The molecular formula is C22H28FN3OS. The second-order valence-electron chi connectivity index (χ2n) is 6.94. The van der Waals surface area contributed by atoms with Gasteiger partial charge in [-0.3, -0.25) is 4.79 Å². The summed E-state index contributed by atoms with van der Waals surface area (Å²) in [6, 6.07) is 10.5. The molecule has 4 nitrogen and oxygen atoms in total. The number of hydrogen-bond donors (Lipinski definition) is 1. The van der Waals surface area contributed by atoms with Gasteiger partial charge in [-0.05, 0) is 43.8 Å². The van der Waals surface area contributed by atoms with Crippen LogP contribution in [0.3, 0.4) is 0 Å². The van der Waals surface area contributed by atoms with Gasteiger partial charge in [0, 0.05) is 54.1 Å². The molecule has 2 heterocycles. The standard InChI is InChI=1S/C22H28FN3OS/c1-2-25-14-16-26(17-15-25)13-5-12-24-22(27)11-9-18-8-10-21(28-18)19-6-3-4-7-20(19)23/h3-4,6-11H,2,5,12-17H2,1H3,(H,24,27)/b11-9+. The molecule has 1 aromatic heterocycles. The fraction of sp³-hybridized carbons (Fsp3) is 0.409. The van der Waals surface area contributed by atoms with Crippen LogP contribution in [0.5, 0.6) is 0 Å². The molecule has 1 aromatic carbocycles. The number of likely N-dealkylation sites (N-methyl/N-ethyl adjacent to an activating group) is 1. The molecule has 1 aliphatic rings. The monoisotopic (exact) mass is 401 g/mol. The van der Waals surface area contributed by atoms with Crippen molar-refractivity contribution < 1.29 is 9.18 Å². The van der Waals surface area contributed by atoms with Gasteiger partial charge in [0.1, 0.15) is 5.82 Å². The van der Waals surface area contributed by atoms with Crippen molar-refractivity contribution in [2.75, 3.05) is 45.8 Å². The van der Waals surface area contributed by atoms with E-state index in [1.165, 1.54) is 17.4 Å². The van der Waals surface area contributed by atoms with E-state index in [1.807, 2.05) is 18.2 Å². The number of hydrogen-bond acceptors (Lipinski definition) is 4. The smallest absolute Gasteiger partial charge is 0.244 e. The van der Waals surface area contributed by atoms with Crippen LogP contribution in [0.2, 0.25) is 0 Å². The highest BCUT2D eigenvalue weighted by Crippen LogP contribution is 2.30. The van der Waals surface area contributed by atoms with E-state index in [-0.39, 0.29) is 11.7 Å². The Balaban J connectivity index is 1.38. The minimum absolute atomic E-state index is 0.0864. The molecule has 0 atom stereocenters. The number of halogens is 1. The minimum Gasteiger partial charge on any atom is -0.353 e. The van der Waals surface area contributed by atoms with E-state index < -0.39 is 0 Å². The van der Waals surface area contributed by atoms with Crippen LogP contribution in [-0.4, -0.2) is 61.5 Å². The Labute approximate surface area is 170 Å². The summed E-state index contributed by atoms with van der Waals surface area (Å²) in [4.78, 5) is 18.7. The molecule has 2 aromatic rings. The molecule has 0 saturated carbocycles. The van der Waals surface area contributed by atoms with Gasteiger partial charge in [0.05, 0.1) is 0 Å². The first-order valence-electron chi connectivity index (χ1n) is 9.91. The zero-order valence-electron chi connectivity index (χ0n) is 16.4.